The molecular formula is C19H19F4N3O2S. The highest BCUT2D eigenvalue weighted by atomic mass is 32.1. The summed E-state index contributed by atoms with van der Waals surface area (Å²) < 4.78 is 64.7. The van der Waals surface area contributed by atoms with E-state index in [4.69, 9.17) is 17.0 Å². The SMILES string of the molecule is CN(C(=O)Cc1c2n(c(=S)n1C)CC(c1c(F)c(F)cc(F)c1F)C2)C1COC1. The van der Waals surface area contributed by atoms with Gasteiger partial charge in [0.1, 0.15) is 0 Å². The number of fused-ring (bicyclic) bond motifs is 1. The van der Waals surface area contributed by atoms with Crippen LogP contribution >= 0.6 is 12.2 Å². The molecule has 2 aliphatic heterocycles. The predicted molar refractivity (Wildman–Crippen MR) is 98.0 cm³/mol. The Morgan fingerprint density at radius 2 is 1.86 bits per heavy atom. The van der Waals surface area contributed by atoms with E-state index in [0.29, 0.717) is 29.4 Å². The van der Waals surface area contributed by atoms with Crippen LogP contribution in [0.25, 0.3) is 0 Å². The van der Waals surface area contributed by atoms with E-state index < -0.39 is 34.8 Å². The molecule has 1 saturated heterocycles. The monoisotopic (exact) mass is 429 g/mol. The summed E-state index contributed by atoms with van der Waals surface area (Å²) in [4.78, 5) is 14.3. The number of aromatic nitrogens is 2. The molecule has 0 radical (unpaired) electrons. The van der Waals surface area contributed by atoms with E-state index in [9.17, 15) is 22.4 Å². The Kier molecular flexibility index (Phi) is 5.02. The van der Waals surface area contributed by atoms with Gasteiger partial charge in [-0.25, -0.2) is 17.6 Å². The first kappa shape index (κ1) is 20.1. The average Bonchev–Trinajstić information content (AvgIpc) is 3.14. The Hall–Kier alpha value is -2.20. The van der Waals surface area contributed by atoms with Gasteiger partial charge in [-0.1, -0.05) is 0 Å². The minimum atomic E-state index is -1.43. The van der Waals surface area contributed by atoms with E-state index in [0.717, 1.165) is 0 Å². The zero-order valence-corrected chi connectivity index (χ0v) is 16.7. The number of imidazole rings is 1. The van der Waals surface area contributed by atoms with Gasteiger partial charge in [0.25, 0.3) is 0 Å². The van der Waals surface area contributed by atoms with E-state index >= 15 is 0 Å². The number of rotatable bonds is 4. The van der Waals surface area contributed by atoms with Crippen LogP contribution in [-0.2, 0) is 36.0 Å². The first-order valence-corrected chi connectivity index (χ1v) is 9.55. The molecule has 10 heteroatoms. The summed E-state index contributed by atoms with van der Waals surface area (Å²) in [6.45, 7) is 1.06. The Balaban J connectivity index is 1.65. The fraction of sp³-hybridized carbons (Fsp3) is 0.474. The minimum absolute atomic E-state index is 0.0256. The molecular weight excluding hydrogens is 410 g/mol. The summed E-state index contributed by atoms with van der Waals surface area (Å²) in [5.41, 5.74) is 0.661. The molecule has 156 valence electrons. The van der Waals surface area contributed by atoms with Crippen molar-refractivity contribution in [3.05, 3.63) is 51.1 Å². The quantitative estimate of drug-likeness (QED) is 0.426. The van der Waals surface area contributed by atoms with E-state index in [1.54, 1.807) is 28.1 Å². The number of benzene rings is 1. The molecule has 3 heterocycles. The van der Waals surface area contributed by atoms with Crippen LogP contribution in [-0.4, -0.2) is 46.2 Å². The van der Waals surface area contributed by atoms with E-state index in [1.165, 1.54) is 0 Å². The van der Waals surface area contributed by atoms with Crippen LogP contribution in [0, 0.1) is 28.0 Å². The molecule has 0 aliphatic carbocycles. The van der Waals surface area contributed by atoms with Crippen LogP contribution in [0.3, 0.4) is 0 Å². The predicted octanol–water partition coefficient (Wildman–Crippen LogP) is 2.85. The molecule has 2 aromatic rings. The number of nitrogens with zero attached hydrogens (tertiary/aromatic N) is 3. The summed E-state index contributed by atoms with van der Waals surface area (Å²) in [5.74, 6) is -6.59. The van der Waals surface area contributed by atoms with Crippen molar-refractivity contribution in [3.8, 4) is 0 Å². The van der Waals surface area contributed by atoms with E-state index in [1.807, 2.05) is 0 Å². The van der Waals surface area contributed by atoms with Gasteiger partial charge < -0.3 is 18.8 Å². The summed E-state index contributed by atoms with van der Waals surface area (Å²) >= 11 is 5.41. The molecule has 1 fully saturated rings. The van der Waals surface area contributed by atoms with Gasteiger partial charge in [0.2, 0.25) is 5.91 Å². The number of ether oxygens (including phenoxy) is 1. The summed E-state index contributed by atoms with van der Waals surface area (Å²) in [7, 11) is 3.42. The van der Waals surface area contributed by atoms with Crippen molar-refractivity contribution in [2.75, 3.05) is 20.3 Å². The van der Waals surface area contributed by atoms with Gasteiger partial charge in [-0.05, 0) is 18.6 Å². The smallest absolute Gasteiger partial charge is 0.228 e. The number of likely N-dealkylation sites (N-methyl/N-ethyl adjacent to an activating group) is 1. The topological polar surface area (TPSA) is 39.4 Å². The highest BCUT2D eigenvalue weighted by Crippen LogP contribution is 2.36. The molecule has 0 spiro atoms. The van der Waals surface area contributed by atoms with Crippen molar-refractivity contribution in [3.63, 3.8) is 0 Å². The highest BCUT2D eigenvalue weighted by molar-refractivity contribution is 7.71. The zero-order chi connectivity index (χ0) is 21.0. The maximum absolute atomic E-state index is 14.3. The van der Waals surface area contributed by atoms with E-state index in [2.05, 4.69) is 0 Å². The fourth-order valence-corrected chi connectivity index (χ4v) is 4.27. The first-order valence-electron chi connectivity index (χ1n) is 9.14. The van der Waals surface area contributed by atoms with Gasteiger partial charge in [-0.2, -0.15) is 0 Å². The van der Waals surface area contributed by atoms with Gasteiger partial charge in [0, 0.05) is 49.6 Å². The second-order valence-electron chi connectivity index (χ2n) is 7.50. The van der Waals surface area contributed by atoms with Crippen LogP contribution < -0.4 is 0 Å². The van der Waals surface area contributed by atoms with Crippen molar-refractivity contribution in [1.82, 2.24) is 14.0 Å². The zero-order valence-electron chi connectivity index (χ0n) is 15.8. The standard InChI is InChI=1S/C19H19F4N3O2S/c1-24(10-7-28-8-10)15(27)5-13-14-3-9(6-26(14)19(29)25(13)2)16-17(22)11(20)4-12(21)18(16)23/h4,9-10H,3,5-8H2,1-2H3. The molecule has 0 saturated carbocycles. The van der Waals surface area contributed by atoms with Crippen molar-refractivity contribution in [1.29, 1.82) is 0 Å². The number of carbonyl (C=O) groups excluding carboxylic acids is 1. The van der Waals surface area contributed by atoms with Gasteiger partial charge in [-0.15, -0.1) is 0 Å². The van der Waals surface area contributed by atoms with Crippen molar-refractivity contribution >= 4 is 18.1 Å². The largest absolute Gasteiger partial charge is 0.377 e. The molecule has 1 amide bonds. The molecule has 5 nitrogen and oxygen atoms in total. The number of halogens is 4. The normalized spacial score (nSPS) is 18.6. The lowest BCUT2D eigenvalue weighted by molar-refractivity contribution is -0.141. The van der Waals surface area contributed by atoms with Crippen molar-refractivity contribution in [2.45, 2.75) is 31.3 Å². The van der Waals surface area contributed by atoms with Crippen LogP contribution in [0.1, 0.15) is 22.9 Å². The van der Waals surface area contributed by atoms with Crippen LogP contribution in [0.5, 0.6) is 0 Å². The van der Waals surface area contributed by atoms with Crippen molar-refractivity contribution in [2.24, 2.45) is 7.05 Å². The van der Waals surface area contributed by atoms with Crippen LogP contribution in [0.15, 0.2) is 6.07 Å². The van der Waals surface area contributed by atoms with Crippen LogP contribution in [0.4, 0.5) is 17.6 Å². The molecule has 2 aliphatic rings. The fourth-order valence-electron chi connectivity index (χ4n) is 3.98. The molecule has 29 heavy (non-hydrogen) atoms. The van der Waals surface area contributed by atoms with Gasteiger partial charge >= 0.3 is 0 Å². The van der Waals surface area contributed by atoms with Crippen LogP contribution in [0.2, 0.25) is 0 Å². The Morgan fingerprint density at radius 1 is 1.24 bits per heavy atom. The maximum Gasteiger partial charge on any atom is 0.228 e. The summed E-state index contributed by atoms with van der Waals surface area (Å²) in [6, 6.07) is 0.226. The van der Waals surface area contributed by atoms with Crippen molar-refractivity contribution < 1.29 is 27.1 Å². The van der Waals surface area contributed by atoms with Gasteiger partial charge in [0.15, 0.2) is 28.0 Å². The maximum atomic E-state index is 14.3. The molecule has 1 atom stereocenters. The Morgan fingerprint density at radius 3 is 2.41 bits per heavy atom. The number of amides is 1. The number of hydrogen-bond acceptors (Lipinski definition) is 3. The third-order valence-corrected chi connectivity index (χ3v) is 6.35. The third kappa shape index (κ3) is 3.18. The highest BCUT2D eigenvalue weighted by Gasteiger charge is 2.35. The lowest BCUT2D eigenvalue weighted by atomic mass is 9.94. The molecule has 4 rings (SSSR count). The first-order chi connectivity index (χ1) is 13.7. The molecule has 1 aromatic heterocycles. The second-order valence-corrected chi connectivity index (χ2v) is 7.87. The Labute approximate surface area is 169 Å². The molecule has 1 unspecified atom stereocenters. The third-order valence-electron chi connectivity index (χ3n) is 5.86. The van der Waals surface area contributed by atoms with Gasteiger partial charge in [-0.3, -0.25) is 4.79 Å². The molecule has 0 bridgehead atoms. The minimum Gasteiger partial charge on any atom is -0.377 e. The van der Waals surface area contributed by atoms with E-state index in [-0.39, 0.29) is 37.4 Å². The average molecular weight is 429 g/mol. The number of hydrogen-bond donors (Lipinski definition) is 0. The van der Waals surface area contributed by atoms with Gasteiger partial charge in [0.05, 0.1) is 25.7 Å². The second kappa shape index (κ2) is 7.24. The summed E-state index contributed by atoms with van der Waals surface area (Å²) in [5, 5.41) is 0. The number of carbonyl (C=O) groups is 1. The lowest BCUT2D eigenvalue weighted by Crippen LogP contribution is -2.50. The summed E-state index contributed by atoms with van der Waals surface area (Å²) in [6.07, 6.45) is 0.185. The molecule has 0 N–H and O–H groups in total. The Bertz CT molecular complexity index is 1030. The molecule has 1 aromatic carbocycles. The lowest BCUT2D eigenvalue weighted by Gasteiger charge is -2.34.